The first-order valence-electron chi connectivity index (χ1n) is 5.44. The highest BCUT2D eigenvalue weighted by Crippen LogP contribution is 2.20. The Bertz CT molecular complexity index is 406. The van der Waals surface area contributed by atoms with Gasteiger partial charge in [0.15, 0.2) is 0 Å². The van der Waals surface area contributed by atoms with Gasteiger partial charge in [0.2, 0.25) is 5.95 Å². The molecule has 0 amide bonds. The van der Waals surface area contributed by atoms with Gasteiger partial charge in [0.05, 0.1) is 0 Å². The van der Waals surface area contributed by atoms with E-state index >= 15 is 0 Å². The molecule has 0 spiro atoms. The number of aromatic nitrogens is 2. The average molecular weight is 221 g/mol. The van der Waals surface area contributed by atoms with Gasteiger partial charge in [0.25, 0.3) is 0 Å². The van der Waals surface area contributed by atoms with E-state index in [0.717, 1.165) is 25.0 Å². The van der Waals surface area contributed by atoms with Crippen LogP contribution in [0, 0.1) is 0 Å². The van der Waals surface area contributed by atoms with Crippen molar-refractivity contribution in [3.05, 3.63) is 17.5 Å². The fraction of sp³-hybridized carbons (Fsp3) is 0.545. The minimum atomic E-state index is -0.871. The Labute approximate surface area is 94.1 Å². The molecule has 0 aliphatic heterocycles. The van der Waals surface area contributed by atoms with Crippen molar-refractivity contribution in [1.29, 1.82) is 0 Å². The number of carboxylic acid groups (broad SMARTS) is 1. The molecule has 5 heteroatoms. The van der Waals surface area contributed by atoms with Crippen LogP contribution in [-0.2, 0) is 17.6 Å². The summed E-state index contributed by atoms with van der Waals surface area (Å²) in [6, 6.07) is 0. The Morgan fingerprint density at radius 3 is 3.00 bits per heavy atom. The largest absolute Gasteiger partial charge is 0.480 e. The summed E-state index contributed by atoms with van der Waals surface area (Å²) in [5, 5.41) is 8.69. The van der Waals surface area contributed by atoms with E-state index < -0.39 is 5.97 Å². The molecule has 1 aromatic rings. The van der Waals surface area contributed by atoms with Gasteiger partial charge in [-0.2, -0.15) is 0 Å². The van der Waals surface area contributed by atoms with Crippen LogP contribution >= 0.6 is 0 Å². The number of carbonyl (C=O) groups is 1. The van der Waals surface area contributed by atoms with Crippen LogP contribution in [0.3, 0.4) is 0 Å². The minimum absolute atomic E-state index is 0.0706. The number of hydrogen-bond acceptors (Lipinski definition) is 4. The average Bonchev–Trinajstić information content (AvgIpc) is 2.27. The van der Waals surface area contributed by atoms with E-state index in [1.807, 2.05) is 6.20 Å². The maximum Gasteiger partial charge on any atom is 0.323 e. The van der Waals surface area contributed by atoms with Gasteiger partial charge in [0, 0.05) is 18.9 Å². The van der Waals surface area contributed by atoms with Crippen LogP contribution in [-0.4, -0.2) is 34.6 Å². The van der Waals surface area contributed by atoms with Crippen molar-refractivity contribution in [3.8, 4) is 0 Å². The summed E-state index contributed by atoms with van der Waals surface area (Å²) in [6.07, 6.45) is 6.20. The molecule has 1 aliphatic carbocycles. The van der Waals surface area contributed by atoms with Crippen LogP contribution in [0.2, 0.25) is 0 Å². The van der Waals surface area contributed by atoms with Crippen LogP contribution in [0.5, 0.6) is 0 Å². The monoisotopic (exact) mass is 221 g/mol. The van der Waals surface area contributed by atoms with Gasteiger partial charge in [0.1, 0.15) is 6.54 Å². The normalized spacial score (nSPS) is 14.3. The number of nitrogens with zero attached hydrogens (tertiary/aromatic N) is 3. The second-order valence-electron chi connectivity index (χ2n) is 4.10. The summed E-state index contributed by atoms with van der Waals surface area (Å²) in [6.45, 7) is -0.0706. The lowest BCUT2D eigenvalue weighted by atomic mass is 9.98. The summed E-state index contributed by atoms with van der Waals surface area (Å²) in [7, 11) is 1.69. The molecule has 5 nitrogen and oxygen atoms in total. The van der Waals surface area contributed by atoms with Crippen LogP contribution in [0.4, 0.5) is 5.95 Å². The maximum atomic E-state index is 10.6. The van der Waals surface area contributed by atoms with Gasteiger partial charge < -0.3 is 10.0 Å². The molecule has 86 valence electrons. The van der Waals surface area contributed by atoms with Crippen molar-refractivity contribution in [3.63, 3.8) is 0 Å². The molecule has 0 aromatic carbocycles. The zero-order valence-corrected chi connectivity index (χ0v) is 9.31. The van der Waals surface area contributed by atoms with Crippen molar-refractivity contribution < 1.29 is 9.90 Å². The zero-order chi connectivity index (χ0) is 11.5. The predicted octanol–water partition coefficient (Wildman–Crippen LogP) is 0.876. The maximum absolute atomic E-state index is 10.6. The molecule has 16 heavy (non-hydrogen) atoms. The number of anilines is 1. The number of aliphatic carboxylic acids is 1. The van der Waals surface area contributed by atoms with E-state index in [4.69, 9.17) is 5.11 Å². The Balaban J connectivity index is 2.19. The summed E-state index contributed by atoms with van der Waals surface area (Å²) >= 11 is 0. The van der Waals surface area contributed by atoms with Gasteiger partial charge in [-0.25, -0.2) is 9.97 Å². The highest BCUT2D eigenvalue weighted by Gasteiger charge is 2.14. The highest BCUT2D eigenvalue weighted by atomic mass is 16.4. The number of hydrogen-bond donors (Lipinski definition) is 1. The summed E-state index contributed by atoms with van der Waals surface area (Å²) in [5.41, 5.74) is 2.28. The SMILES string of the molecule is CN(CC(=O)O)c1ncc2c(n1)CCCC2. The van der Waals surface area contributed by atoms with Gasteiger partial charge in [-0.15, -0.1) is 0 Å². The van der Waals surface area contributed by atoms with Crippen molar-refractivity contribution in [1.82, 2.24) is 9.97 Å². The molecular weight excluding hydrogens is 206 g/mol. The van der Waals surface area contributed by atoms with Crippen LogP contribution in [0.15, 0.2) is 6.20 Å². The smallest absolute Gasteiger partial charge is 0.323 e. The summed E-state index contributed by atoms with van der Waals surface area (Å²) in [5.74, 6) is -0.369. The first-order valence-corrected chi connectivity index (χ1v) is 5.44. The Kier molecular flexibility index (Phi) is 3.03. The molecule has 0 atom stereocenters. The second-order valence-corrected chi connectivity index (χ2v) is 4.10. The van der Waals surface area contributed by atoms with E-state index in [0.29, 0.717) is 5.95 Å². The van der Waals surface area contributed by atoms with Crippen molar-refractivity contribution in [2.75, 3.05) is 18.5 Å². The number of likely N-dealkylation sites (N-methyl/N-ethyl adjacent to an activating group) is 1. The van der Waals surface area contributed by atoms with Crippen LogP contribution < -0.4 is 4.90 Å². The molecule has 1 aliphatic rings. The number of fused-ring (bicyclic) bond motifs is 1. The molecule has 0 saturated heterocycles. The van der Waals surface area contributed by atoms with E-state index in [1.54, 1.807) is 11.9 Å². The number of carboxylic acids is 1. The fourth-order valence-corrected chi connectivity index (χ4v) is 1.92. The molecule has 0 bridgehead atoms. The van der Waals surface area contributed by atoms with Crippen molar-refractivity contribution in [2.24, 2.45) is 0 Å². The third-order valence-corrected chi connectivity index (χ3v) is 2.77. The van der Waals surface area contributed by atoms with Gasteiger partial charge >= 0.3 is 5.97 Å². The Morgan fingerprint density at radius 2 is 2.25 bits per heavy atom. The molecular formula is C11H15N3O2. The van der Waals surface area contributed by atoms with E-state index in [9.17, 15) is 4.79 Å². The molecule has 0 unspecified atom stereocenters. The topological polar surface area (TPSA) is 66.3 Å². The van der Waals surface area contributed by atoms with Gasteiger partial charge in [-0.3, -0.25) is 4.79 Å². The summed E-state index contributed by atoms with van der Waals surface area (Å²) in [4.78, 5) is 20.7. The van der Waals surface area contributed by atoms with Crippen LogP contribution in [0.1, 0.15) is 24.1 Å². The summed E-state index contributed by atoms with van der Waals surface area (Å²) < 4.78 is 0. The van der Waals surface area contributed by atoms with E-state index in [2.05, 4.69) is 9.97 Å². The molecule has 0 fully saturated rings. The minimum Gasteiger partial charge on any atom is -0.480 e. The number of rotatable bonds is 3. The van der Waals surface area contributed by atoms with E-state index in [1.165, 1.54) is 12.0 Å². The molecule has 1 N–H and O–H groups in total. The standard InChI is InChI=1S/C11H15N3O2/c1-14(7-10(15)16)11-12-6-8-4-2-3-5-9(8)13-11/h6H,2-5,7H2,1H3,(H,15,16). The fourth-order valence-electron chi connectivity index (χ4n) is 1.92. The third kappa shape index (κ3) is 2.29. The van der Waals surface area contributed by atoms with Gasteiger partial charge in [-0.05, 0) is 31.2 Å². The predicted molar refractivity (Wildman–Crippen MR) is 59.6 cm³/mol. The molecule has 1 heterocycles. The highest BCUT2D eigenvalue weighted by molar-refractivity contribution is 5.72. The Morgan fingerprint density at radius 1 is 1.50 bits per heavy atom. The lowest BCUT2D eigenvalue weighted by molar-refractivity contribution is -0.135. The lowest BCUT2D eigenvalue weighted by Gasteiger charge is -2.19. The zero-order valence-electron chi connectivity index (χ0n) is 9.31. The first-order chi connectivity index (χ1) is 7.66. The molecule has 0 radical (unpaired) electrons. The quantitative estimate of drug-likeness (QED) is 0.820. The number of aryl methyl sites for hydroxylation is 2. The van der Waals surface area contributed by atoms with E-state index in [-0.39, 0.29) is 6.54 Å². The lowest BCUT2D eigenvalue weighted by Crippen LogP contribution is -2.27. The molecule has 0 saturated carbocycles. The van der Waals surface area contributed by atoms with Crippen molar-refractivity contribution in [2.45, 2.75) is 25.7 Å². The van der Waals surface area contributed by atoms with Crippen molar-refractivity contribution >= 4 is 11.9 Å². The first kappa shape index (κ1) is 10.9. The third-order valence-electron chi connectivity index (χ3n) is 2.77. The van der Waals surface area contributed by atoms with Crippen LogP contribution in [0.25, 0.3) is 0 Å². The Hall–Kier alpha value is -1.65. The second kappa shape index (κ2) is 4.47. The molecule has 1 aromatic heterocycles. The molecule has 2 rings (SSSR count). The van der Waals surface area contributed by atoms with Gasteiger partial charge in [-0.1, -0.05) is 0 Å².